The van der Waals surface area contributed by atoms with Crippen molar-refractivity contribution in [2.45, 2.75) is 34.6 Å². The topological polar surface area (TPSA) is 52.3 Å². The summed E-state index contributed by atoms with van der Waals surface area (Å²) in [6.45, 7) is 9.86. The highest BCUT2D eigenvalue weighted by molar-refractivity contribution is 5.76. The molecule has 0 aliphatic rings. The second-order valence-corrected chi connectivity index (χ2v) is 5.85. The number of esters is 1. The maximum Gasteiger partial charge on any atom is 0.311 e. The minimum absolute atomic E-state index is 0.183. The molecular formula is C16H23NO2. The van der Waals surface area contributed by atoms with Crippen LogP contribution in [0.25, 0.3) is 5.57 Å². The maximum absolute atomic E-state index is 11.7. The molecule has 0 amide bonds. The number of carbonyl (C=O) groups excluding carboxylic acids is 1. The van der Waals surface area contributed by atoms with Gasteiger partial charge in [-0.2, -0.15) is 0 Å². The Bertz CT molecular complexity index is 478. The van der Waals surface area contributed by atoms with Crippen molar-refractivity contribution in [1.29, 1.82) is 0 Å². The number of nitrogens with two attached hydrogens (primary N) is 1. The van der Waals surface area contributed by atoms with E-state index in [0.717, 1.165) is 22.4 Å². The number of anilines is 1. The Labute approximate surface area is 115 Å². The summed E-state index contributed by atoms with van der Waals surface area (Å²) in [4.78, 5) is 11.7. The summed E-state index contributed by atoms with van der Waals surface area (Å²) in [6, 6.07) is 7.68. The van der Waals surface area contributed by atoms with Crippen molar-refractivity contribution in [2.24, 2.45) is 5.41 Å². The van der Waals surface area contributed by atoms with E-state index in [2.05, 4.69) is 0 Å². The van der Waals surface area contributed by atoms with Crippen molar-refractivity contribution >= 4 is 17.2 Å². The first-order valence-electron chi connectivity index (χ1n) is 6.41. The first kappa shape index (κ1) is 15.3. The molecule has 2 N–H and O–H groups in total. The number of nitrogen functional groups attached to an aromatic ring is 1. The van der Waals surface area contributed by atoms with E-state index < -0.39 is 5.41 Å². The average molecular weight is 261 g/mol. The molecule has 104 valence electrons. The lowest BCUT2D eigenvalue weighted by Gasteiger charge is -2.17. The number of allylic oxidation sites excluding steroid dienone is 1. The summed E-state index contributed by atoms with van der Waals surface area (Å²) in [5, 5.41) is 0. The van der Waals surface area contributed by atoms with Gasteiger partial charge >= 0.3 is 5.97 Å². The highest BCUT2D eigenvalue weighted by Gasteiger charge is 2.23. The van der Waals surface area contributed by atoms with Gasteiger partial charge in [0.1, 0.15) is 6.61 Å². The highest BCUT2D eigenvalue weighted by Crippen LogP contribution is 2.21. The summed E-state index contributed by atoms with van der Waals surface area (Å²) in [5.74, 6) is -0.183. The van der Waals surface area contributed by atoms with Crippen LogP contribution in [0.5, 0.6) is 0 Å². The SMILES string of the molecule is C/C(COC(=O)C(C)(C)C)=C(/C)c1ccc(N)cc1. The van der Waals surface area contributed by atoms with Crippen molar-refractivity contribution in [1.82, 2.24) is 0 Å². The molecule has 0 aromatic heterocycles. The Morgan fingerprint density at radius 2 is 1.68 bits per heavy atom. The van der Waals surface area contributed by atoms with Crippen LogP contribution in [0.1, 0.15) is 40.2 Å². The van der Waals surface area contributed by atoms with Gasteiger partial charge in [0.15, 0.2) is 0 Å². The third-order valence-corrected chi connectivity index (χ3v) is 3.02. The van der Waals surface area contributed by atoms with Crippen molar-refractivity contribution in [2.75, 3.05) is 12.3 Å². The third-order valence-electron chi connectivity index (χ3n) is 3.02. The summed E-state index contributed by atoms with van der Waals surface area (Å²) >= 11 is 0. The molecule has 0 aliphatic heterocycles. The van der Waals surface area contributed by atoms with Gasteiger partial charge in [0.25, 0.3) is 0 Å². The zero-order valence-corrected chi connectivity index (χ0v) is 12.4. The largest absolute Gasteiger partial charge is 0.461 e. The number of carbonyl (C=O) groups is 1. The molecule has 0 saturated heterocycles. The molecule has 3 heteroatoms. The van der Waals surface area contributed by atoms with Gasteiger partial charge < -0.3 is 10.5 Å². The van der Waals surface area contributed by atoms with Gasteiger partial charge in [0.05, 0.1) is 5.41 Å². The molecule has 1 aromatic rings. The molecule has 1 aromatic carbocycles. The minimum Gasteiger partial charge on any atom is -0.461 e. The molecule has 3 nitrogen and oxygen atoms in total. The number of ether oxygens (including phenoxy) is 1. The Hall–Kier alpha value is -1.77. The van der Waals surface area contributed by atoms with E-state index >= 15 is 0 Å². The van der Waals surface area contributed by atoms with Gasteiger partial charge in [0.2, 0.25) is 0 Å². The maximum atomic E-state index is 11.7. The summed E-state index contributed by atoms with van der Waals surface area (Å²) in [6.07, 6.45) is 0. The van der Waals surface area contributed by atoms with E-state index in [9.17, 15) is 4.79 Å². The normalized spacial score (nSPS) is 12.9. The lowest BCUT2D eigenvalue weighted by atomic mass is 9.97. The number of hydrogen-bond donors (Lipinski definition) is 1. The summed E-state index contributed by atoms with van der Waals surface area (Å²) in [5.41, 5.74) is 9.20. The van der Waals surface area contributed by atoms with Crippen LogP contribution < -0.4 is 5.73 Å². The van der Waals surface area contributed by atoms with Gasteiger partial charge in [-0.25, -0.2) is 0 Å². The highest BCUT2D eigenvalue weighted by atomic mass is 16.5. The van der Waals surface area contributed by atoms with Crippen LogP contribution in [0.4, 0.5) is 5.69 Å². The van der Waals surface area contributed by atoms with Crippen molar-refractivity contribution in [3.05, 3.63) is 35.4 Å². The summed E-state index contributed by atoms with van der Waals surface area (Å²) in [7, 11) is 0. The third kappa shape index (κ3) is 4.43. The lowest BCUT2D eigenvalue weighted by Crippen LogP contribution is -2.23. The molecule has 0 aliphatic carbocycles. The first-order valence-corrected chi connectivity index (χ1v) is 6.41. The molecule has 0 fully saturated rings. The standard InChI is InChI=1S/C16H23NO2/c1-11(10-19-15(18)16(3,4)5)12(2)13-6-8-14(17)9-7-13/h6-9H,10,17H2,1-5H3/b12-11+. The van der Waals surface area contributed by atoms with Crippen molar-refractivity contribution < 1.29 is 9.53 Å². The molecule has 0 saturated carbocycles. The zero-order valence-electron chi connectivity index (χ0n) is 12.4. The van der Waals surface area contributed by atoms with E-state index in [1.165, 1.54) is 0 Å². The number of hydrogen-bond acceptors (Lipinski definition) is 3. The van der Waals surface area contributed by atoms with Crippen LogP contribution in [0, 0.1) is 5.41 Å². The van der Waals surface area contributed by atoms with E-state index in [0.29, 0.717) is 6.61 Å². The number of benzene rings is 1. The lowest BCUT2D eigenvalue weighted by molar-refractivity contribution is -0.151. The van der Waals surface area contributed by atoms with Gasteiger partial charge in [-0.1, -0.05) is 12.1 Å². The molecule has 1 rings (SSSR count). The van der Waals surface area contributed by atoms with Crippen molar-refractivity contribution in [3.8, 4) is 0 Å². The van der Waals surface area contributed by atoms with Crippen LogP contribution in [0.2, 0.25) is 0 Å². The Kier molecular flexibility index (Phi) is 4.76. The monoisotopic (exact) mass is 261 g/mol. The smallest absolute Gasteiger partial charge is 0.311 e. The van der Waals surface area contributed by atoms with Gasteiger partial charge in [0, 0.05) is 5.69 Å². The van der Waals surface area contributed by atoms with Crippen LogP contribution in [-0.2, 0) is 9.53 Å². The van der Waals surface area contributed by atoms with Crippen LogP contribution in [0.15, 0.2) is 29.8 Å². The van der Waals surface area contributed by atoms with E-state index in [-0.39, 0.29) is 5.97 Å². The predicted octanol–water partition coefficient (Wildman–Crippen LogP) is 3.65. The Morgan fingerprint density at radius 1 is 1.16 bits per heavy atom. The van der Waals surface area contributed by atoms with Crippen molar-refractivity contribution in [3.63, 3.8) is 0 Å². The van der Waals surface area contributed by atoms with E-state index in [4.69, 9.17) is 10.5 Å². The van der Waals surface area contributed by atoms with E-state index in [1.54, 1.807) is 0 Å². The Balaban J connectivity index is 2.75. The zero-order chi connectivity index (χ0) is 14.6. The second-order valence-electron chi connectivity index (χ2n) is 5.85. The van der Waals surface area contributed by atoms with Gasteiger partial charge in [-0.3, -0.25) is 4.79 Å². The molecule has 0 unspecified atom stereocenters. The Morgan fingerprint density at radius 3 is 2.16 bits per heavy atom. The average Bonchev–Trinajstić information content (AvgIpc) is 2.34. The fourth-order valence-corrected chi connectivity index (χ4v) is 1.48. The van der Waals surface area contributed by atoms with Gasteiger partial charge in [-0.15, -0.1) is 0 Å². The van der Waals surface area contributed by atoms with Gasteiger partial charge in [-0.05, 0) is 63.5 Å². The van der Waals surface area contributed by atoms with Crippen LogP contribution in [-0.4, -0.2) is 12.6 Å². The number of rotatable bonds is 3. The van der Waals surface area contributed by atoms with Crippen LogP contribution >= 0.6 is 0 Å². The fraction of sp³-hybridized carbons (Fsp3) is 0.438. The second kappa shape index (κ2) is 5.91. The fourth-order valence-electron chi connectivity index (χ4n) is 1.48. The molecule has 19 heavy (non-hydrogen) atoms. The van der Waals surface area contributed by atoms with E-state index in [1.807, 2.05) is 58.9 Å². The molecule has 0 bridgehead atoms. The predicted molar refractivity (Wildman–Crippen MR) is 79.5 cm³/mol. The molecule has 0 spiro atoms. The van der Waals surface area contributed by atoms with Crippen LogP contribution in [0.3, 0.4) is 0 Å². The molecular weight excluding hydrogens is 238 g/mol. The first-order chi connectivity index (χ1) is 8.71. The summed E-state index contributed by atoms with van der Waals surface area (Å²) < 4.78 is 5.31. The molecule has 0 atom stereocenters. The minimum atomic E-state index is -0.463. The quantitative estimate of drug-likeness (QED) is 0.667. The molecule has 0 radical (unpaired) electrons. The molecule has 0 heterocycles.